The van der Waals surface area contributed by atoms with Gasteiger partial charge in [0.15, 0.2) is 5.82 Å². The van der Waals surface area contributed by atoms with Crippen molar-refractivity contribution in [2.24, 2.45) is 5.92 Å². The Labute approximate surface area is 277 Å². The van der Waals surface area contributed by atoms with Crippen molar-refractivity contribution in [3.05, 3.63) is 83.0 Å². The van der Waals surface area contributed by atoms with Gasteiger partial charge in [0, 0.05) is 55.4 Å². The van der Waals surface area contributed by atoms with Crippen LogP contribution >= 0.6 is 0 Å². The maximum atomic E-state index is 14.5. The van der Waals surface area contributed by atoms with E-state index in [4.69, 9.17) is 19.4 Å². The number of anilines is 6. The predicted molar refractivity (Wildman–Crippen MR) is 189 cm³/mol. The third kappa shape index (κ3) is 6.55. The number of carbonyl (C=O) groups excluding carboxylic acids is 1. The molecule has 2 aliphatic rings. The number of hydrogen-bond acceptors (Lipinski definition) is 8. The van der Waals surface area contributed by atoms with E-state index in [9.17, 15) is 4.79 Å². The Morgan fingerprint density at radius 1 is 0.936 bits per heavy atom. The van der Waals surface area contributed by atoms with Crippen LogP contribution in [0.15, 0.2) is 60.8 Å². The number of carbonyl (C=O) groups is 1. The first-order valence-electron chi connectivity index (χ1n) is 16.3. The Morgan fingerprint density at radius 3 is 2.36 bits per heavy atom. The Balaban J connectivity index is 1.41. The smallest absolute Gasteiger partial charge is 0.335 e. The number of methoxy groups -OCH3 is 2. The molecule has 1 saturated heterocycles. The number of fused-ring (bicyclic) bond motifs is 1. The molecule has 0 spiro atoms. The molecule has 2 amide bonds. The fourth-order valence-electron chi connectivity index (χ4n) is 6.50. The van der Waals surface area contributed by atoms with Gasteiger partial charge in [0.25, 0.3) is 0 Å². The lowest BCUT2D eigenvalue weighted by Crippen LogP contribution is -2.46. The van der Waals surface area contributed by atoms with E-state index in [0.717, 1.165) is 60.7 Å². The highest BCUT2D eigenvalue weighted by molar-refractivity contribution is 6.11. The van der Waals surface area contributed by atoms with Crippen LogP contribution in [0.1, 0.15) is 36.1 Å². The van der Waals surface area contributed by atoms with Crippen molar-refractivity contribution in [3.63, 3.8) is 0 Å². The number of nitrogens with zero attached hydrogens (tertiary/aromatic N) is 6. The number of benzene rings is 3. The molecule has 6 rings (SSSR count). The van der Waals surface area contributed by atoms with E-state index in [2.05, 4.69) is 54.2 Å². The zero-order valence-corrected chi connectivity index (χ0v) is 28.5. The number of ether oxygens (including phenoxy) is 2. The molecule has 10 nitrogen and oxygen atoms in total. The second-order valence-electron chi connectivity index (χ2n) is 12.9. The molecule has 3 aromatic carbocycles. The van der Waals surface area contributed by atoms with Crippen molar-refractivity contribution >= 4 is 40.5 Å². The van der Waals surface area contributed by atoms with Gasteiger partial charge in [-0.1, -0.05) is 32.0 Å². The summed E-state index contributed by atoms with van der Waals surface area (Å²) in [5.74, 6) is 2.53. The van der Waals surface area contributed by atoms with Gasteiger partial charge in [0.1, 0.15) is 11.5 Å². The first-order chi connectivity index (χ1) is 22.7. The summed E-state index contributed by atoms with van der Waals surface area (Å²) in [7, 11) is 5.37. The topological polar surface area (TPSA) is 86.3 Å². The van der Waals surface area contributed by atoms with Crippen LogP contribution in [0.3, 0.4) is 0 Å². The summed E-state index contributed by atoms with van der Waals surface area (Å²) >= 11 is 0. The predicted octanol–water partition coefficient (Wildman–Crippen LogP) is 7.08. The van der Waals surface area contributed by atoms with Gasteiger partial charge in [-0.3, -0.25) is 4.90 Å². The summed E-state index contributed by atoms with van der Waals surface area (Å²) in [4.78, 5) is 32.6. The van der Waals surface area contributed by atoms with E-state index in [1.807, 2.05) is 50.4 Å². The van der Waals surface area contributed by atoms with Crippen molar-refractivity contribution in [1.29, 1.82) is 0 Å². The van der Waals surface area contributed by atoms with Crippen LogP contribution in [-0.2, 0) is 13.0 Å². The lowest BCUT2D eigenvalue weighted by molar-refractivity contribution is 0.252. The highest BCUT2D eigenvalue weighted by atomic mass is 16.5. The third-order valence-electron chi connectivity index (χ3n) is 8.97. The third-order valence-corrected chi connectivity index (χ3v) is 8.97. The van der Waals surface area contributed by atoms with E-state index in [0.29, 0.717) is 41.4 Å². The number of aryl methyl sites for hydroxylation is 2. The largest absolute Gasteiger partial charge is 0.497 e. The quantitative estimate of drug-likeness (QED) is 0.209. The maximum absolute atomic E-state index is 14.5. The molecule has 246 valence electrons. The van der Waals surface area contributed by atoms with Crippen LogP contribution in [0.2, 0.25) is 0 Å². The molecule has 4 aromatic rings. The van der Waals surface area contributed by atoms with Gasteiger partial charge in [-0.25, -0.2) is 14.7 Å². The van der Waals surface area contributed by atoms with E-state index in [1.165, 1.54) is 11.3 Å². The molecule has 1 fully saturated rings. The van der Waals surface area contributed by atoms with E-state index in [1.54, 1.807) is 30.1 Å². The van der Waals surface area contributed by atoms with Crippen molar-refractivity contribution in [2.45, 2.75) is 40.7 Å². The summed E-state index contributed by atoms with van der Waals surface area (Å²) < 4.78 is 11.2. The summed E-state index contributed by atoms with van der Waals surface area (Å²) in [5, 5.41) is 3.51. The molecule has 0 atom stereocenters. The van der Waals surface area contributed by atoms with Gasteiger partial charge in [0.2, 0.25) is 5.95 Å². The zero-order valence-electron chi connectivity index (χ0n) is 28.5. The molecule has 3 heterocycles. The molecular formula is C37H45N7O3. The molecule has 2 aliphatic heterocycles. The summed E-state index contributed by atoms with van der Waals surface area (Å²) in [6.07, 6.45) is 2.73. The average molecular weight is 636 g/mol. The SMILES string of the molecule is COc1ccc(N2C(=O)N(c3c(C)cccc3C)Cc3cnc(Nc4ccc(N5CCN(C)CC5)cc4CC(C)C)nc32)c(OC)c1. The molecule has 0 saturated carbocycles. The standard InChI is InChI=1S/C37H45N7O3/c1-24(2)19-27-20-29(42-17-15-41(5)16-18-42)11-13-31(27)39-36-38-22-28-23-43(34-25(3)9-8-10-26(34)4)37(45)44(35(28)40-36)32-14-12-30(46-6)21-33(32)47-7/h8-14,20-22,24H,15-19,23H2,1-7H3,(H,38,39,40). The normalized spacial score (nSPS) is 15.2. The van der Waals surface area contributed by atoms with Gasteiger partial charge < -0.3 is 24.6 Å². The molecule has 1 N–H and O–H groups in total. The van der Waals surface area contributed by atoms with Crippen molar-refractivity contribution in [3.8, 4) is 11.5 Å². The van der Waals surface area contributed by atoms with Crippen molar-refractivity contribution < 1.29 is 14.3 Å². The molecule has 47 heavy (non-hydrogen) atoms. The van der Waals surface area contributed by atoms with Crippen LogP contribution < -0.4 is 29.5 Å². The van der Waals surface area contributed by atoms with Crippen molar-refractivity contribution in [2.75, 3.05) is 67.5 Å². The highest BCUT2D eigenvalue weighted by Gasteiger charge is 2.37. The number of piperazine rings is 1. The van der Waals surface area contributed by atoms with E-state index >= 15 is 0 Å². The van der Waals surface area contributed by atoms with Crippen LogP contribution in [-0.4, -0.2) is 68.3 Å². The van der Waals surface area contributed by atoms with Crippen LogP contribution in [0.5, 0.6) is 11.5 Å². The number of likely N-dealkylation sites (N-methyl/N-ethyl adjacent to an activating group) is 1. The molecule has 10 heteroatoms. The Kier molecular flexibility index (Phi) is 9.22. The zero-order chi connectivity index (χ0) is 33.2. The van der Waals surface area contributed by atoms with E-state index in [-0.39, 0.29) is 6.03 Å². The summed E-state index contributed by atoms with van der Waals surface area (Å²) in [6, 6.07) is 17.9. The minimum absolute atomic E-state index is 0.222. The molecule has 0 unspecified atom stereocenters. The molecule has 0 aliphatic carbocycles. The molecular weight excluding hydrogens is 590 g/mol. The number of para-hydroxylation sites is 1. The average Bonchev–Trinajstić information content (AvgIpc) is 3.06. The number of hydrogen-bond donors (Lipinski definition) is 1. The minimum Gasteiger partial charge on any atom is -0.497 e. The van der Waals surface area contributed by atoms with Gasteiger partial charge in [-0.15, -0.1) is 0 Å². The number of urea groups is 1. The number of aromatic nitrogens is 2. The minimum atomic E-state index is -0.222. The van der Waals surface area contributed by atoms with Crippen LogP contribution in [0.25, 0.3) is 0 Å². The Hall–Kier alpha value is -4.83. The van der Waals surface area contributed by atoms with Crippen LogP contribution in [0, 0.1) is 19.8 Å². The monoisotopic (exact) mass is 635 g/mol. The van der Waals surface area contributed by atoms with Gasteiger partial charge in [-0.2, -0.15) is 4.98 Å². The van der Waals surface area contributed by atoms with Gasteiger partial charge >= 0.3 is 6.03 Å². The number of amides is 2. The number of nitrogens with one attached hydrogen (secondary N) is 1. The summed E-state index contributed by atoms with van der Waals surface area (Å²) in [5.41, 5.74) is 7.71. The van der Waals surface area contributed by atoms with Crippen LogP contribution in [0.4, 0.5) is 39.3 Å². The second-order valence-corrected chi connectivity index (χ2v) is 12.9. The first-order valence-corrected chi connectivity index (χ1v) is 16.3. The highest BCUT2D eigenvalue weighted by Crippen LogP contribution is 2.43. The fraction of sp³-hybridized carbons (Fsp3) is 0.378. The first kappa shape index (κ1) is 32.1. The maximum Gasteiger partial charge on any atom is 0.335 e. The fourth-order valence-corrected chi connectivity index (χ4v) is 6.50. The molecule has 1 aromatic heterocycles. The molecule has 0 bridgehead atoms. The van der Waals surface area contributed by atoms with Crippen molar-refractivity contribution in [1.82, 2.24) is 14.9 Å². The number of rotatable bonds is 9. The Morgan fingerprint density at radius 2 is 1.68 bits per heavy atom. The molecule has 0 radical (unpaired) electrons. The van der Waals surface area contributed by atoms with Gasteiger partial charge in [0.05, 0.1) is 32.1 Å². The summed E-state index contributed by atoms with van der Waals surface area (Å²) in [6.45, 7) is 13.0. The lowest BCUT2D eigenvalue weighted by atomic mass is 10.00. The second kappa shape index (κ2) is 13.5. The lowest BCUT2D eigenvalue weighted by Gasteiger charge is -2.37. The Bertz CT molecular complexity index is 1750. The van der Waals surface area contributed by atoms with E-state index < -0.39 is 0 Å². The van der Waals surface area contributed by atoms with Gasteiger partial charge in [-0.05, 0) is 80.3 Å².